The first-order valence-electron chi connectivity index (χ1n) is 5.77. The molecule has 0 bridgehead atoms. The molecule has 2 heterocycles. The molecular weight excluding hydrogens is 240 g/mol. The average molecular weight is 251 g/mol. The lowest BCUT2D eigenvalue weighted by molar-refractivity contribution is 0.408. The SMILES string of the molecule is Fc1cccc(-c2nc(C3CCCN3)no2)c1F. The molecule has 0 spiro atoms. The van der Waals surface area contributed by atoms with Gasteiger partial charge in [-0.3, -0.25) is 0 Å². The van der Waals surface area contributed by atoms with E-state index in [0.29, 0.717) is 5.82 Å². The Labute approximate surface area is 102 Å². The highest BCUT2D eigenvalue weighted by molar-refractivity contribution is 5.53. The smallest absolute Gasteiger partial charge is 0.261 e. The van der Waals surface area contributed by atoms with E-state index in [-0.39, 0.29) is 17.5 Å². The zero-order chi connectivity index (χ0) is 12.5. The molecule has 0 aliphatic carbocycles. The Morgan fingerprint density at radius 1 is 1.33 bits per heavy atom. The maximum Gasteiger partial charge on any atom is 0.261 e. The second-order valence-corrected chi connectivity index (χ2v) is 4.21. The predicted octanol–water partition coefficient (Wildman–Crippen LogP) is 2.44. The minimum atomic E-state index is -0.966. The summed E-state index contributed by atoms with van der Waals surface area (Å²) in [5, 5.41) is 7.02. The lowest BCUT2D eigenvalue weighted by atomic mass is 10.2. The zero-order valence-electron chi connectivity index (χ0n) is 9.49. The molecule has 0 amide bonds. The van der Waals surface area contributed by atoms with Crippen molar-refractivity contribution >= 4 is 0 Å². The number of aromatic nitrogens is 2. The molecule has 1 aliphatic rings. The minimum absolute atomic E-state index is 0.00764. The zero-order valence-corrected chi connectivity index (χ0v) is 9.49. The molecular formula is C12H11F2N3O. The molecule has 1 saturated heterocycles. The Hall–Kier alpha value is -1.82. The van der Waals surface area contributed by atoms with Crippen LogP contribution in [0.25, 0.3) is 11.5 Å². The molecule has 3 rings (SSSR count). The summed E-state index contributed by atoms with van der Waals surface area (Å²) >= 11 is 0. The van der Waals surface area contributed by atoms with Crippen LogP contribution in [-0.2, 0) is 0 Å². The molecule has 1 N–H and O–H groups in total. The molecule has 1 fully saturated rings. The van der Waals surface area contributed by atoms with E-state index in [1.54, 1.807) is 0 Å². The molecule has 4 nitrogen and oxygen atoms in total. The van der Waals surface area contributed by atoms with Gasteiger partial charge in [-0.05, 0) is 31.5 Å². The van der Waals surface area contributed by atoms with Crippen LogP contribution in [0, 0.1) is 11.6 Å². The second-order valence-electron chi connectivity index (χ2n) is 4.21. The Kier molecular flexibility index (Phi) is 2.79. The fourth-order valence-corrected chi connectivity index (χ4v) is 2.06. The number of benzene rings is 1. The lowest BCUT2D eigenvalue weighted by Gasteiger charge is -2.01. The summed E-state index contributed by atoms with van der Waals surface area (Å²) < 4.78 is 31.6. The van der Waals surface area contributed by atoms with E-state index < -0.39 is 11.6 Å². The van der Waals surface area contributed by atoms with E-state index in [2.05, 4.69) is 15.5 Å². The summed E-state index contributed by atoms with van der Waals surface area (Å²) in [7, 11) is 0. The van der Waals surface area contributed by atoms with Crippen LogP contribution in [-0.4, -0.2) is 16.7 Å². The van der Waals surface area contributed by atoms with Crippen molar-refractivity contribution in [3.63, 3.8) is 0 Å². The molecule has 1 aromatic heterocycles. The van der Waals surface area contributed by atoms with Gasteiger partial charge in [-0.25, -0.2) is 8.78 Å². The van der Waals surface area contributed by atoms with Crippen LogP contribution in [0.15, 0.2) is 22.7 Å². The van der Waals surface area contributed by atoms with Gasteiger partial charge in [0, 0.05) is 0 Å². The first-order valence-corrected chi connectivity index (χ1v) is 5.77. The maximum atomic E-state index is 13.6. The van der Waals surface area contributed by atoms with Crippen molar-refractivity contribution in [2.75, 3.05) is 6.54 Å². The highest BCUT2D eigenvalue weighted by atomic mass is 19.2. The first kappa shape index (κ1) is 11.3. The van der Waals surface area contributed by atoms with Crippen molar-refractivity contribution in [1.29, 1.82) is 0 Å². The summed E-state index contributed by atoms with van der Waals surface area (Å²) in [5.74, 6) is -1.39. The van der Waals surface area contributed by atoms with Gasteiger partial charge in [-0.15, -0.1) is 0 Å². The first-order chi connectivity index (χ1) is 8.75. The van der Waals surface area contributed by atoms with Crippen LogP contribution in [0.3, 0.4) is 0 Å². The molecule has 1 atom stereocenters. The molecule has 1 unspecified atom stereocenters. The van der Waals surface area contributed by atoms with E-state index >= 15 is 0 Å². The van der Waals surface area contributed by atoms with Gasteiger partial charge in [0.15, 0.2) is 17.5 Å². The highest BCUT2D eigenvalue weighted by Crippen LogP contribution is 2.26. The van der Waals surface area contributed by atoms with Gasteiger partial charge in [0.05, 0.1) is 11.6 Å². The van der Waals surface area contributed by atoms with Crippen LogP contribution in [0.1, 0.15) is 24.7 Å². The van der Waals surface area contributed by atoms with Crippen molar-refractivity contribution in [3.8, 4) is 11.5 Å². The summed E-state index contributed by atoms with van der Waals surface area (Å²) in [4.78, 5) is 4.12. The molecule has 6 heteroatoms. The van der Waals surface area contributed by atoms with Gasteiger partial charge in [0.2, 0.25) is 0 Å². The standard InChI is InChI=1S/C12H11F2N3O/c13-8-4-1-3-7(10(8)14)12-16-11(17-18-12)9-5-2-6-15-9/h1,3-4,9,15H,2,5-6H2. The second kappa shape index (κ2) is 4.45. The molecule has 94 valence electrons. The number of nitrogens with one attached hydrogen (secondary N) is 1. The van der Waals surface area contributed by atoms with Crippen LogP contribution < -0.4 is 5.32 Å². The van der Waals surface area contributed by atoms with E-state index in [0.717, 1.165) is 25.5 Å². The monoisotopic (exact) mass is 251 g/mol. The Balaban J connectivity index is 1.95. The van der Waals surface area contributed by atoms with Crippen LogP contribution >= 0.6 is 0 Å². The average Bonchev–Trinajstić information content (AvgIpc) is 3.01. The topological polar surface area (TPSA) is 51.0 Å². The highest BCUT2D eigenvalue weighted by Gasteiger charge is 2.23. The molecule has 1 aromatic carbocycles. The Morgan fingerprint density at radius 3 is 3.00 bits per heavy atom. The van der Waals surface area contributed by atoms with Crippen molar-refractivity contribution in [2.45, 2.75) is 18.9 Å². The lowest BCUT2D eigenvalue weighted by Crippen LogP contribution is -2.14. The van der Waals surface area contributed by atoms with Gasteiger partial charge in [0.25, 0.3) is 5.89 Å². The van der Waals surface area contributed by atoms with Gasteiger partial charge in [0.1, 0.15) is 0 Å². The third kappa shape index (κ3) is 1.88. The predicted molar refractivity (Wildman–Crippen MR) is 59.6 cm³/mol. The fraction of sp³-hybridized carbons (Fsp3) is 0.333. The third-order valence-corrected chi connectivity index (χ3v) is 3.00. The third-order valence-electron chi connectivity index (χ3n) is 3.00. The van der Waals surface area contributed by atoms with Crippen molar-refractivity contribution < 1.29 is 13.3 Å². The van der Waals surface area contributed by atoms with E-state index in [9.17, 15) is 8.78 Å². The van der Waals surface area contributed by atoms with Crippen molar-refractivity contribution in [2.24, 2.45) is 0 Å². The van der Waals surface area contributed by atoms with Gasteiger partial charge in [-0.2, -0.15) is 4.98 Å². The maximum absolute atomic E-state index is 13.6. The normalized spacial score (nSPS) is 19.3. The minimum Gasteiger partial charge on any atom is -0.334 e. The Morgan fingerprint density at radius 2 is 2.22 bits per heavy atom. The van der Waals surface area contributed by atoms with Gasteiger partial charge >= 0.3 is 0 Å². The number of nitrogens with zero attached hydrogens (tertiary/aromatic N) is 2. The van der Waals surface area contributed by atoms with E-state index in [1.807, 2.05) is 0 Å². The Bertz CT molecular complexity index is 564. The molecule has 1 aliphatic heterocycles. The van der Waals surface area contributed by atoms with Gasteiger partial charge < -0.3 is 9.84 Å². The summed E-state index contributed by atoms with van der Waals surface area (Å²) in [6, 6.07) is 3.91. The quantitative estimate of drug-likeness (QED) is 0.890. The molecule has 0 radical (unpaired) electrons. The van der Waals surface area contributed by atoms with Crippen LogP contribution in [0.4, 0.5) is 8.78 Å². The summed E-state index contributed by atoms with van der Waals surface area (Å²) in [6.07, 6.45) is 1.97. The number of halogens is 2. The van der Waals surface area contributed by atoms with Crippen LogP contribution in [0.2, 0.25) is 0 Å². The van der Waals surface area contributed by atoms with Crippen molar-refractivity contribution in [1.82, 2.24) is 15.5 Å². The largest absolute Gasteiger partial charge is 0.334 e. The number of hydrogen-bond acceptors (Lipinski definition) is 4. The molecule has 2 aromatic rings. The fourth-order valence-electron chi connectivity index (χ4n) is 2.06. The van der Waals surface area contributed by atoms with Crippen LogP contribution in [0.5, 0.6) is 0 Å². The van der Waals surface area contributed by atoms with Gasteiger partial charge in [-0.1, -0.05) is 11.2 Å². The van der Waals surface area contributed by atoms with Crippen molar-refractivity contribution in [3.05, 3.63) is 35.7 Å². The van der Waals surface area contributed by atoms with E-state index in [4.69, 9.17) is 4.52 Å². The molecule has 18 heavy (non-hydrogen) atoms. The number of hydrogen-bond donors (Lipinski definition) is 1. The van der Waals surface area contributed by atoms with E-state index in [1.165, 1.54) is 12.1 Å². The summed E-state index contributed by atoms with van der Waals surface area (Å²) in [6.45, 7) is 0.906. The molecule has 0 saturated carbocycles. The summed E-state index contributed by atoms with van der Waals surface area (Å²) in [5.41, 5.74) is -0.00764. The number of rotatable bonds is 2.